The number of benzene rings is 1. The fourth-order valence-electron chi connectivity index (χ4n) is 1.84. The van der Waals surface area contributed by atoms with Crippen LogP contribution >= 0.6 is 0 Å². The molecule has 0 saturated carbocycles. The third kappa shape index (κ3) is 7.31. The molecule has 3 heteroatoms. The molecular weight excluding hydrogens is 250 g/mol. The van der Waals surface area contributed by atoms with Gasteiger partial charge in [0.1, 0.15) is 12.4 Å². The van der Waals surface area contributed by atoms with Gasteiger partial charge in [0.15, 0.2) is 0 Å². The SMILES string of the molecule is C=CCc1ccccc1OCCNCCCOC(C)C. The van der Waals surface area contributed by atoms with Gasteiger partial charge in [-0.05, 0) is 44.9 Å². The number of allylic oxidation sites excluding steroid dienone is 1. The van der Waals surface area contributed by atoms with Crippen molar-refractivity contribution in [3.05, 3.63) is 42.5 Å². The zero-order valence-electron chi connectivity index (χ0n) is 12.7. The van der Waals surface area contributed by atoms with Crippen molar-refractivity contribution in [2.24, 2.45) is 0 Å². The van der Waals surface area contributed by atoms with Crippen LogP contribution in [0.25, 0.3) is 0 Å². The predicted octanol–water partition coefficient (Wildman–Crippen LogP) is 3.20. The Labute approximate surface area is 123 Å². The fraction of sp³-hybridized carbons (Fsp3) is 0.529. The minimum Gasteiger partial charge on any atom is -0.492 e. The first-order valence-corrected chi connectivity index (χ1v) is 7.38. The molecule has 0 spiro atoms. The van der Waals surface area contributed by atoms with Gasteiger partial charge in [0.2, 0.25) is 0 Å². The number of nitrogens with one attached hydrogen (secondary N) is 1. The summed E-state index contributed by atoms with van der Waals surface area (Å²) in [4.78, 5) is 0. The van der Waals surface area contributed by atoms with Crippen LogP contribution in [0.5, 0.6) is 5.75 Å². The molecule has 0 radical (unpaired) electrons. The minimum atomic E-state index is 0.319. The first-order chi connectivity index (χ1) is 9.74. The van der Waals surface area contributed by atoms with Crippen molar-refractivity contribution in [1.82, 2.24) is 5.32 Å². The molecule has 1 aromatic carbocycles. The normalized spacial score (nSPS) is 10.8. The third-order valence-electron chi connectivity index (χ3n) is 2.82. The Kier molecular flexibility index (Phi) is 8.76. The second-order valence-electron chi connectivity index (χ2n) is 4.97. The van der Waals surface area contributed by atoms with Gasteiger partial charge in [0, 0.05) is 13.2 Å². The number of para-hydroxylation sites is 1. The predicted molar refractivity (Wildman–Crippen MR) is 84.4 cm³/mol. The summed E-state index contributed by atoms with van der Waals surface area (Å²) in [6, 6.07) is 8.11. The first kappa shape index (κ1) is 16.7. The molecule has 1 N–H and O–H groups in total. The molecule has 0 aliphatic heterocycles. The molecule has 3 nitrogen and oxygen atoms in total. The Balaban J connectivity index is 2.10. The Morgan fingerprint density at radius 2 is 2.00 bits per heavy atom. The van der Waals surface area contributed by atoms with Crippen LogP contribution in [0.3, 0.4) is 0 Å². The smallest absolute Gasteiger partial charge is 0.122 e. The Morgan fingerprint density at radius 1 is 1.20 bits per heavy atom. The molecule has 1 aromatic rings. The molecule has 0 fully saturated rings. The summed E-state index contributed by atoms with van der Waals surface area (Å²) in [5.41, 5.74) is 1.19. The highest BCUT2D eigenvalue weighted by Gasteiger charge is 2.00. The molecule has 0 saturated heterocycles. The maximum absolute atomic E-state index is 5.79. The third-order valence-corrected chi connectivity index (χ3v) is 2.82. The van der Waals surface area contributed by atoms with Crippen LogP contribution < -0.4 is 10.1 Å². The van der Waals surface area contributed by atoms with Gasteiger partial charge in [0.25, 0.3) is 0 Å². The summed E-state index contributed by atoms with van der Waals surface area (Å²) < 4.78 is 11.3. The van der Waals surface area contributed by atoms with Gasteiger partial charge in [-0.3, -0.25) is 0 Å². The summed E-state index contributed by atoms with van der Waals surface area (Å²) in [6.07, 6.45) is 4.09. The van der Waals surface area contributed by atoms with Crippen LogP contribution in [0.1, 0.15) is 25.8 Å². The topological polar surface area (TPSA) is 30.5 Å². The molecule has 0 aliphatic carbocycles. The maximum Gasteiger partial charge on any atom is 0.122 e. The van der Waals surface area contributed by atoms with E-state index in [1.54, 1.807) is 0 Å². The van der Waals surface area contributed by atoms with Gasteiger partial charge in [-0.2, -0.15) is 0 Å². The monoisotopic (exact) mass is 277 g/mol. The quantitative estimate of drug-likeness (QED) is 0.498. The standard InChI is InChI=1S/C17H27NO2/c1-4-8-16-9-5-6-10-17(16)20-14-12-18-11-7-13-19-15(2)3/h4-6,9-10,15,18H,1,7-8,11-14H2,2-3H3. The van der Waals surface area contributed by atoms with E-state index in [1.165, 1.54) is 5.56 Å². The zero-order valence-corrected chi connectivity index (χ0v) is 12.7. The van der Waals surface area contributed by atoms with Crippen molar-refractivity contribution in [2.45, 2.75) is 32.8 Å². The summed E-state index contributed by atoms with van der Waals surface area (Å²) in [7, 11) is 0. The Hall–Kier alpha value is -1.32. The second kappa shape index (κ2) is 10.5. The van der Waals surface area contributed by atoms with Crippen molar-refractivity contribution in [1.29, 1.82) is 0 Å². The van der Waals surface area contributed by atoms with Crippen molar-refractivity contribution in [3.8, 4) is 5.75 Å². The lowest BCUT2D eigenvalue weighted by molar-refractivity contribution is 0.0770. The lowest BCUT2D eigenvalue weighted by Gasteiger charge is -2.11. The molecule has 0 amide bonds. The summed E-state index contributed by atoms with van der Waals surface area (Å²) in [5.74, 6) is 0.956. The van der Waals surface area contributed by atoms with E-state index in [0.717, 1.165) is 38.3 Å². The van der Waals surface area contributed by atoms with E-state index in [2.05, 4.69) is 31.8 Å². The lowest BCUT2D eigenvalue weighted by Crippen LogP contribution is -2.23. The van der Waals surface area contributed by atoms with E-state index in [1.807, 2.05) is 24.3 Å². The van der Waals surface area contributed by atoms with Gasteiger partial charge in [-0.25, -0.2) is 0 Å². The van der Waals surface area contributed by atoms with Crippen LogP contribution in [0.2, 0.25) is 0 Å². The average Bonchev–Trinajstić information content (AvgIpc) is 2.43. The van der Waals surface area contributed by atoms with Gasteiger partial charge in [0.05, 0.1) is 6.10 Å². The van der Waals surface area contributed by atoms with E-state index in [-0.39, 0.29) is 0 Å². The summed E-state index contributed by atoms with van der Waals surface area (Å²) >= 11 is 0. The van der Waals surface area contributed by atoms with E-state index >= 15 is 0 Å². The van der Waals surface area contributed by atoms with Crippen LogP contribution in [-0.2, 0) is 11.2 Å². The van der Waals surface area contributed by atoms with E-state index < -0.39 is 0 Å². The minimum absolute atomic E-state index is 0.319. The highest BCUT2D eigenvalue weighted by molar-refractivity contribution is 5.34. The van der Waals surface area contributed by atoms with Crippen molar-refractivity contribution in [2.75, 3.05) is 26.3 Å². The number of hydrogen-bond acceptors (Lipinski definition) is 3. The van der Waals surface area contributed by atoms with Crippen molar-refractivity contribution >= 4 is 0 Å². The molecule has 0 bridgehead atoms. The number of rotatable bonds is 11. The highest BCUT2D eigenvalue weighted by Crippen LogP contribution is 2.18. The number of hydrogen-bond donors (Lipinski definition) is 1. The first-order valence-electron chi connectivity index (χ1n) is 7.38. The van der Waals surface area contributed by atoms with Crippen molar-refractivity contribution < 1.29 is 9.47 Å². The number of ether oxygens (including phenoxy) is 2. The van der Waals surface area contributed by atoms with Crippen LogP contribution in [0, 0.1) is 0 Å². The van der Waals surface area contributed by atoms with Crippen LogP contribution in [-0.4, -0.2) is 32.4 Å². The molecule has 112 valence electrons. The maximum atomic E-state index is 5.79. The van der Waals surface area contributed by atoms with Crippen LogP contribution in [0.15, 0.2) is 36.9 Å². The summed E-state index contributed by atoms with van der Waals surface area (Å²) in [6.45, 7) is 11.2. The average molecular weight is 277 g/mol. The molecular formula is C17H27NO2. The second-order valence-corrected chi connectivity index (χ2v) is 4.97. The molecule has 0 unspecified atom stereocenters. The van der Waals surface area contributed by atoms with E-state index in [9.17, 15) is 0 Å². The summed E-state index contributed by atoms with van der Waals surface area (Å²) in [5, 5.41) is 3.36. The molecule has 20 heavy (non-hydrogen) atoms. The highest BCUT2D eigenvalue weighted by atomic mass is 16.5. The van der Waals surface area contributed by atoms with E-state index in [0.29, 0.717) is 12.7 Å². The molecule has 0 heterocycles. The van der Waals surface area contributed by atoms with Gasteiger partial charge >= 0.3 is 0 Å². The van der Waals surface area contributed by atoms with Gasteiger partial charge < -0.3 is 14.8 Å². The lowest BCUT2D eigenvalue weighted by atomic mass is 10.1. The molecule has 0 aromatic heterocycles. The zero-order chi connectivity index (χ0) is 14.6. The fourth-order valence-corrected chi connectivity index (χ4v) is 1.84. The molecule has 0 aliphatic rings. The Morgan fingerprint density at radius 3 is 2.75 bits per heavy atom. The van der Waals surface area contributed by atoms with Crippen molar-refractivity contribution in [3.63, 3.8) is 0 Å². The largest absolute Gasteiger partial charge is 0.492 e. The van der Waals surface area contributed by atoms with Gasteiger partial charge in [-0.1, -0.05) is 24.3 Å². The Bertz CT molecular complexity index is 377. The molecule has 1 rings (SSSR count). The molecule has 0 atom stereocenters. The van der Waals surface area contributed by atoms with Crippen LogP contribution in [0.4, 0.5) is 0 Å². The van der Waals surface area contributed by atoms with E-state index in [4.69, 9.17) is 9.47 Å². The van der Waals surface area contributed by atoms with Gasteiger partial charge in [-0.15, -0.1) is 6.58 Å².